The van der Waals surface area contributed by atoms with Crippen molar-refractivity contribution in [3.05, 3.63) is 53.6 Å². The zero-order valence-electron chi connectivity index (χ0n) is 8.31. The lowest BCUT2D eigenvalue weighted by molar-refractivity contribution is 0.0968. The van der Waals surface area contributed by atoms with Crippen molar-refractivity contribution in [1.29, 1.82) is 0 Å². The van der Waals surface area contributed by atoms with E-state index < -0.39 is 0 Å². The van der Waals surface area contributed by atoms with Crippen molar-refractivity contribution in [2.24, 2.45) is 0 Å². The Balaban J connectivity index is 2.39. The predicted molar refractivity (Wildman–Crippen MR) is 59.0 cm³/mol. The van der Waals surface area contributed by atoms with Crippen LogP contribution in [0.4, 0.5) is 0 Å². The molecule has 1 nitrogen and oxygen atoms in total. The maximum absolute atomic E-state index is 5.66. The minimum absolute atomic E-state index is 0.103. The third-order valence-corrected chi connectivity index (χ3v) is 2.32. The first-order chi connectivity index (χ1) is 6.92. The van der Waals surface area contributed by atoms with Gasteiger partial charge in [0.15, 0.2) is 0 Å². The maximum Gasteiger partial charge on any atom is 0.101 e. The van der Waals surface area contributed by atoms with Gasteiger partial charge in [-0.15, -0.1) is 0 Å². The maximum atomic E-state index is 5.66. The van der Waals surface area contributed by atoms with Gasteiger partial charge in [-0.05, 0) is 18.1 Å². The van der Waals surface area contributed by atoms with Crippen LogP contribution in [0.2, 0.25) is 0 Å². The van der Waals surface area contributed by atoms with Crippen molar-refractivity contribution < 1.29 is 4.74 Å². The summed E-state index contributed by atoms with van der Waals surface area (Å²) in [6.07, 6.45) is 8.40. The molecule has 0 amide bonds. The monoisotopic (exact) mass is 186 g/mol. The molecule has 1 unspecified atom stereocenters. The van der Waals surface area contributed by atoms with Crippen LogP contribution >= 0.6 is 0 Å². The molecule has 0 heterocycles. The summed E-state index contributed by atoms with van der Waals surface area (Å²) in [6, 6.07) is 8.34. The van der Waals surface area contributed by atoms with Gasteiger partial charge in [0.25, 0.3) is 0 Å². The first kappa shape index (κ1) is 9.22. The fourth-order valence-corrected chi connectivity index (χ4v) is 1.67. The summed E-state index contributed by atoms with van der Waals surface area (Å²) in [6.45, 7) is 2.76. The number of benzene rings is 1. The van der Waals surface area contributed by atoms with Crippen LogP contribution in [0.3, 0.4) is 0 Å². The summed E-state index contributed by atoms with van der Waals surface area (Å²) < 4.78 is 5.66. The zero-order valence-corrected chi connectivity index (χ0v) is 8.31. The number of hydrogen-bond acceptors (Lipinski definition) is 1. The van der Waals surface area contributed by atoms with Crippen molar-refractivity contribution >= 4 is 6.08 Å². The molecule has 1 aromatic carbocycles. The highest BCUT2D eigenvalue weighted by atomic mass is 16.5. The van der Waals surface area contributed by atoms with Crippen molar-refractivity contribution in [3.8, 4) is 0 Å². The van der Waals surface area contributed by atoms with Gasteiger partial charge in [-0.25, -0.2) is 0 Å². The van der Waals surface area contributed by atoms with Gasteiger partial charge in [0.05, 0.1) is 0 Å². The Morgan fingerprint density at radius 2 is 2.07 bits per heavy atom. The fraction of sp³-hybridized carbons (Fsp3) is 0.231. The summed E-state index contributed by atoms with van der Waals surface area (Å²) in [5.74, 6) is 0. The van der Waals surface area contributed by atoms with Crippen molar-refractivity contribution in [2.45, 2.75) is 13.0 Å². The van der Waals surface area contributed by atoms with E-state index in [4.69, 9.17) is 4.74 Å². The molecule has 0 fully saturated rings. The third-order valence-electron chi connectivity index (χ3n) is 2.32. The first-order valence-corrected chi connectivity index (χ1v) is 4.97. The standard InChI is InChI=1S/C13H14O/c1-2-14-13-10-6-4-8-11-7-3-5-9-12(11)13/h3-10,13H,2H2,1H3. The van der Waals surface area contributed by atoms with Gasteiger partial charge < -0.3 is 4.74 Å². The van der Waals surface area contributed by atoms with E-state index in [1.807, 2.05) is 13.0 Å². The molecule has 0 aromatic heterocycles. The second-order valence-electron chi connectivity index (χ2n) is 3.25. The second-order valence-corrected chi connectivity index (χ2v) is 3.25. The van der Waals surface area contributed by atoms with Gasteiger partial charge in [-0.3, -0.25) is 0 Å². The van der Waals surface area contributed by atoms with E-state index in [-0.39, 0.29) is 6.10 Å². The molecule has 14 heavy (non-hydrogen) atoms. The highest BCUT2D eigenvalue weighted by molar-refractivity contribution is 5.58. The molecular weight excluding hydrogens is 172 g/mol. The number of hydrogen-bond donors (Lipinski definition) is 0. The minimum Gasteiger partial charge on any atom is -0.370 e. The summed E-state index contributed by atoms with van der Waals surface area (Å²) >= 11 is 0. The summed E-state index contributed by atoms with van der Waals surface area (Å²) in [5, 5.41) is 0. The van der Waals surface area contributed by atoms with E-state index >= 15 is 0 Å². The lowest BCUT2D eigenvalue weighted by Gasteiger charge is -2.14. The van der Waals surface area contributed by atoms with E-state index in [0.29, 0.717) is 0 Å². The normalized spacial score (nSPS) is 19.1. The van der Waals surface area contributed by atoms with Crippen LogP contribution in [0.5, 0.6) is 0 Å². The number of allylic oxidation sites excluding steroid dienone is 2. The SMILES string of the molecule is CCOC1C=CC=Cc2ccccc21. The third kappa shape index (κ3) is 1.78. The van der Waals surface area contributed by atoms with Gasteiger partial charge in [-0.1, -0.05) is 48.6 Å². The average molecular weight is 186 g/mol. The molecule has 2 rings (SSSR count). The van der Waals surface area contributed by atoms with Gasteiger partial charge in [-0.2, -0.15) is 0 Å². The molecule has 0 radical (unpaired) electrons. The van der Waals surface area contributed by atoms with Crippen LogP contribution < -0.4 is 0 Å². The fourth-order valence-electron chi connectivity index (χ4n) is 1.67. The molecule has 0 aliphatic heterocycles. The Hall–Kier alpha value is -1.34. The highest BCUT2D eigenvalue weighted by Gasteiger charge is 2.11. The summed E-state index contributed by atoms with van der Waals surface area (Å²) in [4.78, 5) is 0. The number of fused-ring (bicyclic) bond motifs is 1. The number of rotatable bonds is 2. The molecule has 1 atom stereocenters. The van der Waals surface area contributed by atoms with Crippen LogP contribution in [-0.2, 0) is 4.74 Å². The molecule has 0 saturated carbocycles. The first-order valence-electron chi connectivity index (χ1n) is 4.97. The van der Waals surface area contributed by atoms with Crippen LogP contribution in [0.25, 0.3) is 6.08 Å². The van der Waals surface area contributed by atoms with E-state index in [1.54, 1.807) is 0 Å². The summed E-state index contributed by atoms with van der Waals surface area (Å²) in [7, 11) is 0. The van der Waals surface area contributed by atoms with E-state index in [9.17, 15) is 0 Å². The molecule has 1 aromatic rings. The van der Waals surface area contributed by atoms with Gasteiger partial charge in [0, 0.05) is 6.61 Å². The Morgan fingerprint density at radius 1 is 1.21 bits per heavy atom. The van der Waals surface area contributed by atoms with Crippen molar-refractivity contribution in [3.63, 3.8) is 0 Å². The second kappa shape index (κ2) is 4.25. The average Bonchev–Trinajstić information content (AvgIpc) is 2.42. The highest BCUT2D eigenvalue weighted by Crippen LogP contribution is 2.25. The van der Waals surface area contributed by atoms with Crippen molar-refractivity contribution in [2.75, 3.05) is 6.61 Å². The van der Waals surface area contributed by atoms with Crippen LogP contribution in [0, 0.1) is 0 Å². The molecule has 1 heteroatoms. The largest absolute Gasteiger partial charge is 0.370 e. The van der Waals surface area contributed by atoms with E-state index in [0.717, 1.165) is 6.61 Å². The lowest BCUT2D eigenvalue weighted by Crippen LogP contribution is -2.02. The van der Waals surface area contributed by atoms with Crippen molar-refractivity contribution in [1.82, 2.24) is 0 Å². The predicted octanol–water partition coefficient (Wildman–Crippen LogP) is 3.35. The Morgan fingerprint density at radius 3 is 2.93 bits per heavy atom. The molecule has 72 valence electrons. The lowest BCUT2D eigenvalue weighted by atomic mass is 10.0. The van der Waals surface area contributed by atoms with E-state index in [2.05, 4.69) is 42.5 Å². The Bertz CT molecular complexity index is 363. The smallest absolute Gasteiger partial charge is 0.101 e. The van der Waals surface area contributed by atoms with E-state index in [1.165, 1.54) is 11.1 Å². The molecular formula is C13H14O. The molecule has 1 aliphatic carbocycles. The van der Waals surface area contributed by atoms with Crippen LogP contribution in [0.1, 0.15) is 24.2 Å². The van der Waals surface area contributed by atoms with Gasteiger partial charge in [0.1, 0.15) is 6.10 Å². The molecule has 0 spiro atoms. The molecule has 0 N–H and O–H groups in total. The number of ether oxygens (including phenoxy) is 1. The molecule has 0 saturated heterocycles. The topological polar surface area (TPSA) is 9.23 Å². The van der Waals surface area contributed by atoms with Crippen LogP contribution in [-0.4, -0.2) is 6.61 Å². The Kier molecular flexibility index (Phi) is 2.80. The Labute approximate surface area is 84.7 Å². The minimum atomic E-state index is 0.103. The molecule has 0 bridgehead atoms. The van der Waals surface area contributed by atoms with Crippen LogP contribution in [0.15, 0.2) is 42.5 Å². The zero-order chi connectivity index (χ0) is 9.80. The van der Waals surface area contributed by atoms with Gasteiger partial charge >= 0.3 is 0 Å². The quantitative estimate of drug-likeness (QED) is 0.688. The molecule has 1 aliphatic rings. The van der Waals surface area contributed by atoms with Gasteiger partial charge in [0.2, 0.25) is 0 Å². The summed E-state index contributed by atoms with van der Waals surface area (Å²) in [5.41, 5.74) is 2.50.